The molecule has 0 amide bonds. The Morgan fingerprint density at radius 3 is 2.83 bits per heavy atom. The fraction of sp³-hybridized carbons (Fsp3) is 0.250. The second kappa shape index (κ2) is 5.42. The largest absolute Gasteiger partial charge is 0.476 e. The van der Waals surface area contributed by atoms with Gasteiger partial charge in [0.1, 0.15) is 0 Å². The van der Waals surface area contributed by atoms with Gasteiger partial charge in [0.05, 0.1) is 11.2 Å². The Balaban J connectivity index is 2.48. The molecule has 1 heterocycles. The first-order valence-corrected chi connectivity index (χ1v) is 5.66. The molecule has 18 heavy (non-hydrogen) atoms. The van der Waals surface area contributed by atoms with Gasteiger partial charge in [0.25, 0.3) is 0 Å². The number of carboxylic acids is 1. The highest BCUT2D eigenvalue weighted by Gasteiger charge is 2.15. The number of hydrogen-bond acceptors (Lipinski definition) is 5. The summed E-state index contributed by atoms with van der Waals surface area (Å²) in [6.07, 6.45) is 0.760. The van der Waals surface area contributed by atoms with Crippen molar-refractivity contribution in [1.82, 2.24) is 10.2 Å². The van der Waals surface area contributed by atoms with Crippen LogP contribution in [0.5, 0.6) is 0 Å². The lowest BCUT2D eigenvalue weighted by Gasteiger charge is -2.10. The van der Waals surface area contributed by atoms with Gasteiger partial charge < -0.3 is 16.2 Å². The number of nitrogens with zero attached hydrogens (tertiary/aromatic N) is 2. The molecule has 0 radical (unpaired) electrons. The number of rotatable bonds is 5. The van der Waals surface area contributed by atoms with Crippen molar-refractivity contribution in [2.75, 3.05) is 18.4 Å². The quantitative estimate of drug-likeness (QED) is 0.683. The molecule has 0 atom stereocenters. The average molecular weight is 246 g/mol. The van der Waals surface area contributed by atoms with Crippen LogP contribution in [-0.4, -0.2) is 34.4 Å². The van der Waals surface area contributed by atoms with E-state index in [-0.39, 0.29) is 5.69 Å². The summed E-state index contributed by atoms with van der Waals surface area (Å²) >= 11 is 0. The number of anilines is 1. The summed E-state index contributed by atoms with van der Waals surface area (Å²) in [6.45, 7) is 1.15. The molecule has 6 heteroatoms. The molecule has 0 aliphatic rings. The van der Waals surface area contributed by atoms with Gasteiger partial charge in [0, 0.05) is 11.9 Å². The van der Waals surface area contributed by atoms with Gasteiger partial charge in [0.15, 0.2) is 5.69 Å². The van der Waals surface area contributed by atoms with Crippen LogP contribution in [0.2, 0.25) is 0 Å². The van der Waals surface area contributed by atoms with Crippen molar-refractivity contribution in [1.29, 1.82) is 0 Å². The minimum absolute atomic E-state index is 0.0641. The van der Waals surface area contributed by atoms with Crippen LogP contribution in [0.3, 0.4) is 0 Å². The normalized spacial score (nSPS) is 10.5. The van der Waals surface area contributed by atoms with Crippen molar-refractivity contribution in [3.05, 3.63) is 30.0 Å². The van der Waals surface area contributed by atoms with E-state index in [0.29, 0.717) is 24.3 Å². The van der Waals surface area contributed by atoms with Gasteiger partial charge in [-0.1, -0.05) is 18.2 Å². The molecule has 4 N–H and O–H groups in total. The van der Waals surface area contributed by atoms with Crippen LogP contribution in [0, 0.1) is 0 Å². The number of aromatic carboxylic acids is 1. The van der Waals surface area contributed by atoms with E-state index < -0.39 is 5.97 Å². The summed E-state index contributed by atoms with van der Waals surface area (Å²) in [4.78, 5) is 11.1. The highest BCUT2D eigenvalue weighted by Crippen LogP contribution is 2.24. The lowest BCUT2D eigenvalue weighted by Crippen LogP contribution is -2.13. The predicted molar refractivity (Wildman–Crippen MR) is 68.7 cm³/mol. The van der Waals surface area contributed by atoms with Crippen molar-refractivity contribution in [2.24, 2.45) is 5.73 Å². The Hall–Kier alpha value is -2.21. The fourth-order valence-corrected chi connectivity index (χ4v) is 1.70. The SMILES string of the molecule is NCCCNc1c(C(=O)O)nnc2ccccc12. The third kappa shape index (κ3) is 2.38. The first-order chi connectivity index (χ1) is 8.74. The Labute approximate surface area is 104 Å². The summed E-state index contributed by atoms with van der Waals surface area (Å²) in [7, 11) is 0. The Bertz CT molecular complexity index is 571. The number of nitrogens with two attached hydrogens (primary N) is 1. The molecular formula is C12H14N4O2. The van der Waals surface area contributed by atoms with E-state index in [1.165, 1.54) is 0 Å². The Morgan fingerprint density at radius 1 is 1.33 bits per heavy atom. The second-order valence-corrected chi connectivity index (χ2v) is 3.81. The summed E-state index contributed by atoms with van der Waals surface area (Å²) in [6, 6.07) is 7.29. The van der Waals surface area contributed by atoms with E-state index >= 15 is 0 Å². The average Bonchev–Trinajstić information content (AvgIpc) is 2.38. The monoisotopic (exact) mass is 246 g/mol. The van der Waals surface area contributed by atoms with Gasteiger partial charge in [-0.25, -0.2) is 4.79 Å². The van der Waals surface area contributed by atoms with Crippen LogP contribution in [0.25, 0.3) is 10.9 Å². The van der Waals surface area contributed by atoms with Gasteiger partial charge in [-0.3, -0.25) is 0 Å². The smallest absolute Gasteiger partial charge is 0.358 e. The lowest BCUT2D eigenvalue weighted by atomic mass is 10.1. The standard InChI is InChI=1S/C12H14N4O2/c13-6-3-7-14-10-8-4-1-2-5-9(8)15-16-11(10)12(17)18/h1-2,4-5H,3,6-7,13H2,(H,14,15)(H,17,18). The van der Waals surface area contributed by atoms with Gasteiger partial charge in [0.2, 0.25) is 0 Å². The van der Waals surface area contributed by atoms with Crippen LogP contribution in [0.1, 0.15) is 16.9 Å². The number of carboxylic acid groups (broad SMARTS) is 1. The van der Waals surface area contributed by atoms with Gasteiger partial charge in [-0.15, -0.1) is 10.2 Å². The molecule has 1 aromatic carbocycles. The van der Waals surface area contributed by atoms with Crippen LogP contribution >= 0.6 is 0 Å². The van der Waals surface area contributed by atoms with E-state index in [4.69, 9.17) is 10.8 Å². The van der Waals surface area contributed by atoms with Crippen molar-refractivity contribution in [2.45, 2.75) is 6.42 Å². The Morgan fingerprint density at radius 2 is 2.11 bits per heavy atom. The van der Waals surface area contributed by atoms with Crippen molar-refractivity contribution in [3.8, 4) is 0 Å². The number of fused-ring (bicyclic) bond motifs is 1. The third-order valence-corrected chi connectivity index (χ3v) is 2.55. The molecule has 0 fully saturated rings. The highest BCUT2D eigenvalue weighted by molar-refractivity contribution is 6.02. The van der Waals surface area contributed by atoms with E-state index in [1.807, 2.05) is 18.2 Å². The van der Waals surface area contributed by atoms with Crippen LogP contribution in [0.15, 0.2) is 24.3 Å². The minimum atomic E-state index is -1.09. The molecule has 0 spiro atoms. The molecular weight excluding hydrogens is 232 g/mol. The summed E-state index contributed by atoms with van der Waals surface area (Å²) in [5.41, 5.74) is 6.52. The fourth-order valence-electron chi connectivity index (χ4n) is 1.70. The van der Waals surface area contributed by atoms with Crippen LogP contribution in [-0.2, 0) is 0 Å². The summed E-state index contributed by atoms with van der Waals surface area (Å²) in [5, 5.41) is 20.6. The molecule has 1 aromatic heterocycles. The van der Waals surface area contributed by atoms with Crippen molar-refractivity contribution < 1.29 is 9.90 Å². The number of aromatic nitrogens is 2. The lowest BCUT2D eigenvalue weighted by molar-refractivity contribution is 0.0690. The maximum absolute atomic E-state index is 11.1. The molecule has 0 aliphatic heterocycles. The van der Waals surface area contributed by atoms with E-state index in [9.17, 15) is 4.79 Å². The first kappa shape index (κ1) is 12.3. The van der Waals surface area contributed by atoms with E-state index in [2.05, 4.69) is 15.5 Å². The molecule has 0 bridgehead atoms. The molecule has 0 saturated carbocycles. The number of hydrogen-bond donors (Lipinski definition) is 3. The maximum atomic E-state index is 11.1. The zero-order valence-corrected chi connectivity index (χ0v) is 9.76. The summed E-state index contributed by atoms with van der Waals surface area (Å²) < 4.78 is 0. The first-order valence-electron chi connectivity index (χ1n) is 5.66. The highest BCUT2D eigenvalue weighted by atomic mass is 16.4. The van der Waals surface area contributed by atoms with Crippen LogP contribution in [0.4, 0.5) is 5.69 Å². The topological polar surface area (TPSA) is 101 Å². The molecule has 0 unspecified atom stereocenters. The van der Waals surface area contributed by atoms with Gasteiger partial charge >= 0.3 is 5.97 Å². The van der Waals surface area contributed by atoms with Crippen molar-refractivity contribution in [3.63, 3.8) is 0 Å². The maximum Gasteiger partial charge on any atom is 0.358 e. The summed E-state index contributed by atoms with van der Waals surface area (Å²) in [5.74, 6) is -1.09. The molecule has 2 rings (SSSR count). The number of benzene rings is 1. The predicted octanol–water partition coefficient (Wildman–Crippen LogP) is 1.09. The van der Waals surface area contributed by atoms with Crippen LogP contribution < -0.4 is 11.1 Å². The molecule has 6 nitrogen and oxygen atoms in total. The zero-order chi connectivity index (χ0) is 13.0. The number of nitrogens with one attached hydrogen (secondary N) is 1. The molecule has 0 aliphatic carbocycles. The Kier molecular flexibility index (Phi) is 3.69. The van der Waals surface area contributed by atoms with E-state index in [0.717, 1.165) is 11.8 Å². The van der Waals surface area contributed by atoms with Gasteiger partial charge in [-0.2, -0.15) is 0 Å². The van der Waals surface area contributed by atoms with Gasteiger partial charge in [-0.05, 0) is 19.0 Å². The van der Waals surface area contributed by atoms with E-state index in [1.54, 1.807) is 6.07 Å². The van der Waals surface area contributed by atoms with Crippen molar-refractivity contribution >= 4 is 22.6 Å². The zero-order valence-electron chi connectivity index (χ0n) is 9.76. The second-order valence-electron chi connectivity index (χ2n) is 3.81. The molecule has 2 aromatic rings. The molecule has 0 saturated heterocycles. The minimum Gasteiger partial charge on any atom is -0.476 e. The third-order valence-electron chi connectivity index (χ3n) is 2.55. The molecule has 94 valence electrons. The number of carbonyl (C=O) groups is 1.